The molecule has 1 N–H and O–H groups in total. The van der Waals surface area contributed by atoms with E-state index < -0.39 is 20.9 Å². The first kappa shape index (κ1) is 12.3. The SMILES string of the molecule is COc1ccc(F)cc1C1CNCCS1(=O)=O. The number of hydrogen-bond acceptors (Lipinski definition) is 4. The molecule has 0 aliphatic carbocycles. The molecule has 0 spiro atoms. The Bertz CT molecular complexity index is 515. The maximum Gasteiger partial charge on any atom is 0.159 e. The van der Waals surface area contributed by atoms with Gasteiger partial charge in [-0.25, -0.2) is 12.8 Å². The minimum atomic E-state index is -3.24. The molecule has 4 nitrogen and oxygen atoms in total. The minimum Gasteiger partial charge on any atom is -0.496 e. The highest BCUT2D eigenvalue weighted by Crippen LogP contribution is 2.32. The Kier molecular flexibility index (Phi) is 3.35. The fourth-order valence-electron chi connectivity index (χ4n) is 1.98. The fourth-order valence-corrected chi connectivity index (χ4v) is 3.63. The van der Waals surface area contributed by atoms with Gasteiger partial charge in [-0.05, 0) is 18.2 Å². The summed E-state index contributed by atoms with van der Waals surface area (Å²) in [6, 6.07) is 3.94. The normalized spacial score (nSPS) is 23.3. The maximum absolute atomic E-state index is 13.2. The monoisotopic (exact) mass is 259 g/mol. The van der Waals surface area contributed by atoms with E-state index in [4.69, 9.17) is 4.74 Å². The first-order valence-corrected chi connectivity index (χ1v) is 7.02. The first-order chi connectivity index (χ1) is 8.04. The molecule has 1 atom stereocenters. The van der Waals surface area contributed by atoms with Crippen LogP contribution in [0.3, 0.4) is 0 Å². The number of hydrogen-bond donors (Lipinski definition) is 1. The first-order valence-electron chi connectivity index (χ1n) is 5.30. The lowest BCUT2D eigenvalue weighted by atomic mass is 10.1. The molecule has 1 aliphatic heterocycles. The van der Waals surface area contributed by atoms with E-state index in [1.807, 2.05) is 0 Å². The molecular weight excluding hydrogens is 245 g/mol. The molecule has 0 aromatic heterocycles. The van der Waals surface area contributed by atoms with Gasteiger partial charge in [0, 0.05) is 18.7 Å². The van der Waals surface area contributed by atoms with Crippen LogP contribution in [0, 0.1) is 5.82 Å². The zero-order valence-corrected chi connectivity index (χ0v) is 10.3. The molecule has 17 heavy (non-hydrogen) atoms. The molecule has 0 amide bonds. The van der Waals surface area contributed by atoms with E-state index in [-0.39, 0.29) is 5.75 Å². The van der Waals surface area contributed by atoms with E-state index in [0.717, 1.165) is 0 Å². The molecule has 1 aliphatic rings. The van der Waals surface area contributed by atoms with Crippen molar-refractivity contribution in [3.8, 4) is 5.75 Å². The second-order valence-electron chi connectivity index (χ2n) is 3.95. The Balaban J connectivity index is 2.48. The molecule has 1 saturated heterocycles. The highest BCUT2D eigenvalue weighted by molar-refractivity contribution is 7.91. The summed E-state index contributed by atoms with van der Waals surface area (Å²) >= 11 is 0. The van der Waals surface area contributed by atoms with E-state index in [0.29, 0.717) is 24.4 Å². The fraction of sp³-hybridized carbons (Fsp3) is 0.455. The average Bonchev–Trinajstić information content (AvgIpc) is 2.28. The van der Waals surface area contributed by atoms with Gasteiger partial charge in [-0.3, -0.25) is 0 Å². The van der Waals surface area contributed by atoms with Gasteiger partial charge < -0.3 is 10.1 Å². The van der Waals surface area contributed by atoms with Gasteiger partial charge in [0.1, 0.15) is 16.8 Å². The van der Waals surface area contributed by atoms with E-state index >= 15 is 0 Å². The van der Waals surface area contributed by atoms with Crippen molar-refractivity contribution in [2.24, 2.45) is 0 Å². The molecule has 0 radical (unpaired) electrons. The lowest BCUT2D eigenvalue weighted by Crippen LogP contribution is -2.38. The van der Waals surface area contributed by atoms with Crippen LogP contribution in [0.2, 0.25) is 0 Å². The number of ether oxygens (including phenoxy) is 1. The second-order valence-corrected chi connectivity index (χ2v) is 6.25. The summed E-state index contributed by atoms with van der Waals surface area (Å²) in [7, 11) is -1.79. The van der Waals surface area contributed by atoms with E-state index in [9.17, 15) is 12.8 Å². The molecule has 2 rings (SSSR count). The van der Waals surface area contributed by atoms with Gasteiger partial charge >= 0.3 is 0 Å². The molecular formula is C11H14FNO3S. The van der Waals surface area contributed by atoms with Crippen LogP contribution in [0.25, 0.3) is 0 Å². The third-order valence-electron chi connectivity index (χ3n) is 2.87. The Morgan fingerprint density at radius 1 is 1.47 bits per heavy atom. The van der Waals surface area contributed by atoms with Gasteiger partial charge in [-0.15, -0.1) is 0 Å². The summed E-state index contributed by atoms with van der Waals surface area (Å²) < 4.78 is 42.2. The number of methoxy groups -OCH3 is 1. The lowest BCUT2D eigenvalue weighted by molar-refractivity contribution is 0.405. The largest absolute Gasteiger partial charge is 0.496 e. The van der Waals surface area contributed by atoms with Crippen LogP contribution in [0.15, 0.2) is 18.2 Å². The van der Waals surface area contributed by atoms with Crippen molar-refractivity contribution >= 4 is 9.84 Å². The molecule has 1 fully saturated rings. The third kappa shape index (κ3) is 2.42. The molecule has 1 heterocycles. The number of nitrogens with one attached hydrogen (secondary N) is 1. The molecule has 0 saturated carbocycles. The molecule has 1 aromatic rings. The standard InChI is InChI=1S/C11H14FNO3S/c1-16-10-3-2-8(12)6-9(10)11-7-13-4-5-17(11,14)15/h2-3,6,11,13H,4-5,7H2,1H3. The number of halogens is 1. The zero-order chi connectivity index (χ0) is 12.5. The molecule has 1 unspecified atom stereocenters. The van der Waals surface area contributed by atoms with Gasteiger partial charge in [-0.1, -0.05) is 0 Å². The van der Waals surface area contributed by atoms with Crippen LogP contribution in [-0.2, 0) is 9.84 Å². The van der Waals surface area contributed by atoms with Crippen molar-refractivity contribution in [1.29, 1.82) is 0 Å². The number of rotatable bonds is 2. The van der Waals surface area contributed by atoms with Crippen LogP contribution in [0.4, 0.5) is 4.39 Å². The van der Waals surface area contributed by atoms with Crippen molar-refractivity contribution < 1.29 is 17.5 Å². The van der Waals surface area contributed by atoms with Crippen molar-refractivity contribution in [3.05, 3.63) is 29.6 Å². The summed E-state index contributed by atoms with van der Waals surface area (Å²) in [5, 5.41) is 2.27. The van der Waals surface area contributed by atoms with Gasteiger partial charge in [0.25, 0.3) is 0 Å². The molecule has 1 aromatic carbocycles. The van der Waals surface area contributed by atoms with Crippen LogP contribution < -0.4 is 10.1 Å². The highest BCUT2D eigenvalue weighted by Gasteiger charge is 2.32. The predicted molar refractivity (Wildman–Crippen MR) is 62.3 cm³/mol. The van der Waals surface area contributed by atoms with E-state index in [2.05, 4.69) is 5.32 Å². The smallest absolute Gasteiger partial charge is 0.159 e. The quantitative estimate of drug-likeness (QED) is 0.857. The van der Waals surface area contributed by atoms with Gasteiger partial charge in [-0.2, -0.15) is 0 Å². The number of benzene rings is 1. The van der Waals surface area contributed by atoms with Crippen molar-refractivity contribution in [2.45, 2.75) is 5.25 Å². The van der Waals surface area contributed by atoms with Crippen LogP contribution in [0.1, 0.15) is 10.8 Å². The molecule has 94 valence electrons. The molecule has 0 bridgehead atoms. The van der Waals surface area contributed by atoms with E-state index in [1.54, 1.807) is 0 Å². The van der Waals surface area contributed by atoms with Crippen LogP contribution in [-0.4, -0.2) is 34.4 Å². The highest BCUT2D eigenvalue weighted by atomic mass is 32.2. The lowest BCUT2D eigenvalue weighted by Gasteiger charge is -2.24. The second kappa shape index (κ2) is 4.62. The topological polar surface area (TPSA) is 55.4 Å². The Labute approximate surface area is 99.7 Å². The minimum absolute atomic E-state index is 0.0668. The predicted octanol–water partition coefficient (Wildman–Crippen LogP) is 0.893. The van der Waals surface area contributed by atoms with Crippen molar-refractivity contribution in [2.75, 3.05) is 26.0 Å². The van der Waals surface area contributed by atoms with Gasteiger partial charge in [0.15, 0.2) is 9.84 Å². The van der Waals surface area contributed by atoms with Gasteiger partial charge in [0.05, 0.1) is 12.9 Å². The average molecular weight is 259 g/mol. The Morgan fingerprint density at radius 2 is 2.24 bits per heavy atom. The van der Waals surface area contributed by atoms with Crippen LogP contribution >= 0.6 is 0 Å². The number of sulfone groups is 1. The summed E-state index contributed by atoms with van der Waals surface area (Å²) in [6.45, 7) is 0.735. The van der Waals surface area contributed by atoms with E-state index in [1.165, 1.54) is 25.3 Å². The summed E-state index contributed by atoms with van der Waals surface area (Å²) in [4.78, 5) is 0. The maximum atomic E-state index is 13.2. The van der Waals surface area contributed by atoms with Crippen molar-refractivity contribution in [1.82, 2.24) is 5.32 Å². The Morgan fingerprint density at radius 3 is 2.88 bits per heavy atom. The van der Waals surface area contributed by atoms with Crippen molar-refractivity contribution in [3.63, 3.8) is 0 Å². The molecule has 6 heteroatoms. The third-order valence-corrected chi connectivity index (χ3v) is 4.93. The van der Waals surface area contributed by atoms with Crippen LogP contribution in [0.5, 0.6) is 5.75 Å². The Hall–Kier alpha value is -1.14. The van der Waals surface area contributed by atoms with Gasteiger partial charge in [0.2, 0.25) is 0 Å². The zero-order valence-electron chi connectivity index (χ0n) is 9.44. The summed E-state index contributed by atoms with van der Waals surface area (Å²) in [5.41, 5.74) is 0.389. The summed E-state index contributed by atoms with van der Waals surface area (Å²) in [5.74, 6) is 0.0161. The summed E-state index contributed by atoms with van der Waals surface area (Å²) in [6.07, 6.45) is 0.